The van der Waals surface area contributed by atoms with Gasteiger partial charge in [-0.1, -0.05) is 11.6 Å². The highest BCUT2D eigenvalue weighted by Gasteiger charge is 2.21. The molecule has 3 nitrogen and oxygen atoms in total. The summed E-state index contributed by atoms with van der Waals surface area (Å²) in [5.41, 5.74) is 1.95. The molecule has 0 saturated heterocycles. The first-order valence-corrected chi connectivity index (χ1v) is 5.23. The number of aliphatic hydroxyl groups excluding tert-OH is 1. The lowest BCUT2D eigenvalue weighted by Crippen LogP contribution is -2.05. The molecular formula is C11H13ClO3. The fourth-order valence-corrected chi connectivity index (χ4v) is 1.94. The highest BCUT2D eigenvalue weighted by Crippen LogP contribution is 2.42. The molecule has 1 aliphatic rings. The first kappa shape index (κ1) is 10.6. The van der Waals surface area contributed by atoms with E-state index in [9.17, 15) is 5.11 Å². The van der Waals surface area contributed by atoms with E-state index in [4.69, 9.17) is 21.1 Å². The summed E-state index contributed by atoms with van der Waals surface area (Å²) in [4.78, 5) is 0. The molecule has 1 heterocycles. The van der Waals surface area contributed by atoms with Crippen molar-refractivity contribution in [1.82, 2.24) is 0 Å². The quantitative estimate of drug-likeness (QED) is 0.844. The van der Waals surface area contributed by atoms with Gasteiger partial charge in [-0.15, -0.1) is 0 Å². The standard InChI is InChI=1S/C11H13ClO3/c1-6(13)3-8-4-9-11(15-5-14-9)10(12)7(8)2/h4,6,13H,3,5H2,1-2H3. The molecule has 1 atom stereocenters. The summed E-state index contributed by atoms with van der Waals surface area (Å²) in [6.45, 7) is 3.88. The molecule has 1 aromatic rings. The van der Waals surface area contributed by atoms with Crippen LogP contribution in [-0.4, -0.2) is 18.0 Å². The monoisotopic (exact) mass is 228 g/mol. The molecule has 0 aromatic heterocycles. The predicted molar refractivity (Wildman–Crippen MR) is 57.7 cm³/mol. The molecule has 0 fully saturated rings. The zero-order valence-electron chi connectivity index (χ0n) is 8.71. The number of aliphatic hydroxyl groups is 1. The maximum atomic E-state index is 9.35. The highest BCUT2D eigenvalue weighted by atomic mass is 35.5. The molecule has 0 radical (unpaired) electrons. The average molecular weight is 229 g/mol. The Morgan fingerprint density at radius 2 is 2.27 bits per heavy atom. The van der Waals surface area contributed by atoms with Crippen molar-refractivity contribution in [2.45, 2.75) is 26.4 Å². The third-order valence-electron chi connectivity index (χ3n) is 2.47. The molecule has 1 unspecified atom stereocenters. The van der Waals surface area contributed by atoms with Crippen LogP contribution in [-0.2, 0) is 6.42 Å². The van der Waals surface area contributed by atoms with Crippen molar-refractivity contribution in [2.75, 3.05) is 6.79 Å². The van der Waals surface area contributed by atoms with E-state index in [-0.39, 0.29) is 12.9 Å². The Labute approximate surface area is 93.6 Å². The molecular weight excluding hydrogens is 216 g/mol. The number of hydrogen-bond acceptors (Lipinski definition) is 3. The van der Waals surface area contributed by atoms with Crippen LogP contribution in [0.4, 0.5) is 0 Å². The summed E-state index contributed by atoms with van der Waals surface area (Å²) in [6, 6.07) is 1.89. The van der Waals surface area contributed by atoms with Gasteiger partial charge >= 0.3 is 0 Å². The Kier molecular flexibility index (Phi) is 2.76. The highest BCUT2D eigenvalue weighted by molar-refractivity contribution is 6.33. The van der Waals surface area contributed by atoms with Crippen LogP contribution in [0, 0.1) is 6.92 Å². The lowest BCUT2D eigenvalue weighted by atomic mass is 10.0. The average Bonchev–Trinajstić information content (AvgIpc) is 2.61. The molecule has 82 valence electrons. The Bertz CT molecular complexity index is 388. The zero-order chi connectivity index (χ0) is 11.0. The van der Waals surface area contributed by atoms with Crippen LogP contribution in [0.1, 0.15) is 18.1 Å². The van der Waals surface area contributed by atoms with Crippen LogP contribution in [0.15, 0.2) is 6.07 Å². The van der Waals surface area contributed by atoms with Crippen molar-refractivity contribution in [3.8, 4) is 11.5 Å². The number of rotatable bonds is 2. The molecule has 1 aliphatic heterocycles. The van der Waals surface area contributed by atoms with Crippen LogP contribution in [0.3, 0.4) is 0 Å². The van der Waals surface area contributed by atoms with E-state index in [0.717, 1.165) is 11.1 Å². The zero-order valence-corrected chi connectivity index (χ0v) is 9.47. The van der Waals surface area contributed by atoms with Crippen LogP contribution in [0.25, 0.3) is 0 Å². The molecule has 2 rings (SSSR count). The lowest BCUT2D eigenvalue weighted by Gasteiger charge is -2.11. The smallest absolute Gasteiger partial charge is 0.231 e. The van der Waals surface area contributed by atoms with Crippen molar-refractivity contribution in [3.05, 3.63) is 22.2 Å². The summed E-state index contributed by atoms with van der Waals surface area (Å²) < 4.78 is 10.5. The van der Waals surface area contributed by atoms with Crippen LogP contribution < -0.4 is 9.47 Å². The topological polar surface area (TPSA) is 38.7 Å². The lowest BCUT2D eigenvalue weighted by molar-refractivity contribution is 0.174. The second-order valence-electron chi connectivity index (χ2n) is 3.76. The van der Waals surface area contributed by atoms with Gasteiger partial charge in [-0.05, 0) is 37.5 Å². The first-order chi connectivity index (χ1) is 7.09. The van der Waals surface area contributed by atoms with Gasteiger partial charge < -0.3 is 14.6 Å². The summed E-state index contributed by atoms with van der Waals surface area (Å²) in [6.07, 6.45) is 0.183. The third-order valence-corrected chi connectivity index (χ3v) is 2.93. The van der Waals surface area contributed by atoms with Crippen molar-refractivity contribution in [3.63, 3.8) is 0 Å². The minimum Gasteiger partial charge on any atom is -0.454 e. The number of hydrogen-bond donors (Lipinski definition) is 1. The largest absolute Gasteiger partial charge is 0.454 e. The number of fused-ring (bicyclic) bond motifs is 1. The number of halogens is 1. The van der Waals surface area contributed by atoms with Crippen LogP contribution >= 0.6 is 11.6 Å². The van der Waals surface area contributed by atoms with Gasteiger partial charge in [0, 0.05) is 0 Å². The predicted octanol–water partition coefficient (Wildman–Crippen LogP) is 2.30. The number of benzene rings is 1. The van der Waals surface area contributed by atoms with Crippen LogP contribution in [0.5, 0.6) is 11.5 Å². The summed E-state index contributed by atoms with van der Waals surface area (Å²) in [5.74, 6) is 1.28. The molecule has 0 amide bonds. The molecule has 1 N–H and O–H groups in total. The SMILES string of the molecule is Cc1c(CC(C)O)cc2c(c1Cl)OCO2. The van der Waals surface area contributed by atoms with Gasteiger partial charge in [0.05, 0.1) is 11.1 Å². The van der Waals surface area contributed by atoms with Crippen molar-refractivity contribution < 1.29 is 14.6 Å². The Morgan fingerprint density at radius 3 is 2.93 bits per heavy atom. The van der Waals surface area contributed by atoms with Gasteiger partial charge in [-0.2, -0.15) is 0 Å². The minimum absolute atomic E-state index is 0.215. The summed E-state index contributed by atoms with van der Waals surface area (Å²) in [7, 11) is 0. The maximum Gasteiger partial charge on any atom is 0.231 e. The van der Waals surface area contributed by atoms with Crippen molar-refractivity contribution in [2.24, 2.45) is 0 Å². The van der Waals surface area contributed by atoms with Gasteiger partial charge in [0.1, 0.15) is 0 Å². The first-order valence-electron chi connectivity index (χ1n) is 4.85. The molecule has 1 aromatic carbocycles. The Balaban J connectivity index is 2.44. The number of ether oxygens (including phenoxy) is 2. The maximum absolute atomic E-state index is 9.35. The normalized spacial score (nSPS) is 15.5. The molecule has 4 heteroatoms. The molecule has 0 saturated carbocycles. The molecule has 15 heavy (non-hydrogen) atoms. The molecule has 0 aliphatic carbocycles. The van der Waals surface area contributed by atoms with Gasteiger partial charge in [0.2, 0.25) is 6.79 Å². The summed E-state index contributed by atoms with van der Waals surface area (Å²) in [5, 5.41) is 9.94. The van der Waals surface area contributed by atoms with Crippen molar-refractivity contribution in [1.29, 1.82) is 0 Å². The van der Waals surface area contributed by atoms with Gasteiger partial charge in [0.15, 0.2) is 11.5 Å². The molecule has 0 spiro atoms. The van der Waals surface area contributed by atoms with E-state index in [1.807, 2.05) is 13.0 Å². The molecule has 0 bridgehead atoms. The minimum atomic E-state index is -0.389. The second kappa shape index (κ2) is 3.91. The van der Waals surface area contributed by atoms with E-state index in [1.165, 1.54) is 0 Å². The van der Waals surface area contributed by atoms with E-state index in [1.54, 1.807) is 6.92 Å². The third kappa shape index (κ3) is 1.90. The Hall–Kier alpha value is -0.930. The summed E-state index contributed by atoms with van der Waals surface area (Å²) >= 11 is 6.14. The van der Waals surface area contributed by atoms with E-state index in [2.05, 4.69) is 0 Å². The van der Waals surface area contributed by atoms with E-state index < -0.39 is 0 Å². The van der Waals surface area contributed by atoms with Gasteiger partial charge in [-0.25, -0.2) is 0 Å². The van der Waals surface area contributed by atoms with E-state index in [0.29, 0.717) is 22.9 Å². The van der Waals surface area contributed by atoms with Gasteiger partial charge in [-0.3, -0.25) is 0 Å². The van der Waals surface area contributed by atoms with Crippen LogP contribution in [0.2, 0.25) is 5.02 Å². The second-order valence-corrected chi connectivity index (χ2v) is 4.14. The van der Waals surface area contributed by atoms with Crippen molar-refractivity contribution >= 4 is 11.6 Å². The fraction of sp³-hybridized carbons (Fsp3) is 0.455. The Morgan fingerprint density at radius 1 is 1.53 bits per heavy atom. The van der Waals surface area contributed by atoms with E-state index >= 15 is 0 Å². The van der Waals surface area contributed by atoms with Gasteiger partial charge in [0.25, 0.3) is 0 Å². The fourth-order valence-electron chi connectivity index (χ4n) is 1.68.